The molecule has 0 aliphatic carbocycles. The molecular weight excluding hydrogens is 311 g/mol. The minimum absolute atomic E-state index is 0.0533. The smallest absolute Gasteiger partial charge is 0.256 e. The second-order valence-electron chi connectivity index (χ2n) is 3.55. The van der Waals surface area contributed by atoms with Crippen molar-refractivity contribution in [3.05, 3.63) is 45.3 Å². The van der Waals surface area contributed by atoms with E-state index in [1.807, 2.05) is 0 Å². The number of anilines is 2. The van der Waals surface area contributed by atoms with Crippen LogP contribution in [0.15, 0.2) is 24.5 Å². The van der Waals surface area contributed by atoms with Gasteiger partial charge in [0.1, 0.15) is 11.3 Å². The number of benzene rings is 1. The molecule has 19 heavy (non-hydrogen) atoms. The molecule has 0 unspecified atom stereocenters. The highest BCUT2D eigenvalue weighted by Crippen LogP contribution is 2.26. The van der Waals surface area contributed by atoms with Crippen LogP contribution >= 0.6 is 34.8 Å². The van der Waals surface area contributed by atoms with Gasteiger partial charge < -0.3 is 11.1 Å². The van der Waals surface area contributed by atoms with Crippen LogP contribution in [0.1, 0.15) is 10.4 Å². The number of carbonyl (C=O) groups is 1. The van der Waals surface area contributed by atoms with E-state index in [4.69, 9.17) is 40.5 Å². The first-order valence-corrected chi connectivity index (χ1v) is 6.14. The molecular formula is C11H7Cl3N4O. The Balaban J connectivity index is 2.28. The molecule has 0 aliphatic rings. The van der Waals surface area contributed by atoms with Crippen molar-refractivity contribution in [1.29, 1.82) is 0 Å². The molecule has 1 heterocycles. The van der Waals surface area contributed by atoms with Crippen LogP contribution < -0.4 is 11.1 Å². The van der Waals surface area contributed by atoms with E-state index in [9.17, 15) is 4.79 Å². The monoisotopic (exact) mass is 316 g/mol. The molecule has 1 aromatic heterocycles. The summed E-state index contributed by atoms with van der Waals surface area (Å²) in [6.45, 7) is 0. The Morgan fingerprint density at radius 2 is 1.89 bits per heavy atom. The van der Waals surface area contributed by atoms with Crippen LogP contribution in [0.4, 0.5) is 11.5 Å². The van der Waals surface area contributed by atoms with Gasteiger partial charge in [-0.15, -0.1) is 0 Å². The van der Waals surface area contributed by atoms with Gasteiger partial charge in [-0.25, -0.2) is 9.97 Å². The molecule has 8 heteroatoms. The molecule has 0 aliphatic heterocycles. The predicted octanol–water partition coefficient (Wildman–Crippen LogP) is 3.27. The van der Waals surface area contributed by atoms with Gasteiger partial charge in [-0.2, -0.15) is 0 Å². The molecule has 1 amide bonds. The van der Waals surface area contributed by atoms with E-state index in [0.717, 1.165) is 0 Å². The van der Waals surface area contributed by atoms with Crippen molar-refractivity contribution in [1.82, 2.24) is 9.97 Å². The van der Waals surface area contributed by atoms with Crippen LogP contribution in [0.2, 0.25) is 15.2 Å². The highest BCUT2D eigenvalue weighted by Gasteiger charge is 2.13. The second-order valence-corrected chi connectivity index (χ2v) is 4.73. The lowest BCUT2D eigenvalue weighted by Gasteiger charge is -2.07. The number of amides is 1. The summed E-state index contributed by atoms with van der Waals surface area (Å²) in [5.41, 5.74) is 6.27. The summed E-state index contributed by atoms with van der Waals surface area (Å²) in [4.78, 5) is 19.5. The zero-order chi connectivity index (χ0) is 14.0. The molecule has 3 N–H and O–H groups in total. The van der Waals surface area contributed by atoms with Crippen LogP contribution in [0.25, 0.3) is 0 Å². The molecule has 98 valence electrons. The summed E-state index contributed by atoms with van der Waals surface area (Å²) >= 11 is 17.4. The Morgan fingerprint density at radius 1 is 1.16 bits per heavy atom. The summed E-state index contributed by atoms with van der Waals surface area (Å²) in [6, 6.07) is 4.49. The quantitative estimate of drug-likeness (QED) is 0.658. The van der Waals surface area contributed by atoms with Crippen molar-refractivity contribution in [2.45, 2.75) is 0 Å². The standard InChI is InChI=1S/C11H7Cl3N4O/c12-6-1-5(2-7(15)3-6)11(19)18-10-8(13)9(14)16-4-17-10/h1-4H,15H2,(H,16,17,18,19). The predicted molar refractivity (Wildman–Crippen MR) is 75.9 cm³/mol. The number of carbonyl (C=O) groups excluding carboxylic acids is 1. The van der Waals surface area contributed by atoms with E-state index in [1.54, 1.807) is 0 Å². The van der Waals surface area contributed by atoms with Crippen molar-refractivity contribution in [3.8, 4) is 0 Å². The summed E-state index contributed by atoms with van der Waals surface area (Å²) in [6.07, 6.45) is 1.19. The zero-order valence-electron chi connectivity index (χ0n) is 9.32. The van der Waals surface area contributed by atoms with Gasteiger partial charge in [-0.1, -0.05) is 34.8 Å². The number of rotatable bonds is 2. The number of hydrogen-bond acceptors (Lipinski definition) is 4. The third kappa shape index (κ3) is 3.26. The molecule has 0 radical (unpaired) electrons. The van der Waals surface area contributed by atoms with Gasteiger partial charge in [-0.3, -0.25) is 4.79 Å². The Kier molecular flexibility index (Phi) is 4.09. The van der Waals surface area contributed by atoms with E-state index in [0.29, 0.717) is 10.7 Å². The number of nitrogens with two attached hydrogens (primary N) is 1. The van der Waals surface area contributed by atoms with Gasteiger partial charge in [0, 0.05) is 16.3 Å². The number of hydrogen-bond donors (Lipinski definition) is 2. The molecule has 5 nitrogen and oxygen atoms in total. The number of aromatic nitrogens is 2. The second kappa shape index (κ2) is 5.61. The average molecular weight is 318 g/mol. The third-order valence-corrected chi connectivity index (χ3v) is 3.12. The Bertz CT molecular complexity index is 628. The lowest BCUT2D eigenvalue weighted by Crippen LogP contribution is -2.14. The zero-order valence-corrected chi connectivity index (χ0v) is 11.6. The van der Waals surface area contributed by atoms with Gasteiger partial charge >= 0.3 is 0 Å². The topological polar surface area (TPSA) is 80.9 Å². The lowest BCUT2D eigenvalue weighted by atomic mass is 10.2. The first kappa shape index (κ1) is 13.9. The van der Waals surface area contributed by atoms with E-state index in [1.165, 1.54) is 24.5 Å². The maximum atomic E-state index is 12.0. The fraction of sp³-hybridized carbons (Fsp3) is 0. The van der Waals surface area contributed by atoms with Gasteiger partial charge in [0.05, 0.1) is 0 Å². The highest BCUT2D eigenvalue weighted by molar-refractivity contribution is 6.43. The number of nitrogen functional groups attached to an aromatic ring is 1. The van der Waals surface area contributed by atoms with Gasteiger partial charge in [0.25, 0.3) is 5.91 Å². The van der Waals surface area contributed by atoms with Crippen molar-refractivity contribution in [2.75, 3.05) is 11.1 Å². The minimum Gasteiger partial charge on any atom is -0.399 e. The molecule has 2 rings (SSSR count). The third-order valence-electron chi connectivity index (χ3n) is 2.16. The average Bonchev–Trinajstić information content (AvgIpc) is 2.33. The molecule has 0 bridgehead atoms. The van der Waals surface area contributed by atoms with Crippen LogP contribution in [0.5, 0.6) is 0 Å². The normalized spacial score (nSPS) is 10.3. The fourth-order valence-corrected chi connectivity index (χ4v) is 1.88. The van der Waals surface area contributed by atoms with Crippen molar-refractivity contribution in [3.63, 3.8) is 0 Å². The molecule has 2 aromatic rings. The molecule has 0 atom stereocenters. The number of nitrogens with zero attached hydrogens (tertiary/aromatic N) is 2. The van der Waals surface area contributed by atoms with Crippen molar-refractivity contribution < 1.29 is 4.79 Å². The maximum absolute atomic E-state index is 12.0. The Labute approximate surface area is 123 Å². The fourth-order valence-electron chi connectivity index (χ4n) is 1.36. The number of halogens is 3. The molecule has 0 fully saturated rings. The van der Waals surface area contributed by atoms with Crippen LogP contribution in [-0.2, 0) is 0 Å². The van der Waals surface area contributed by atoms with E-state index in [-0.39, 0.29) is 21.6 Å². The van der Waals surface area contributed by atoms with Crippen LogP contribution in [0.3, 0.4) is 0 Å². The molecule has 0 saturated carbocycles. The summed E-state index contributed by atoms with van der Waals surface area (Å²) < 4.78 is 0. The highest BCUT2D eigenvalue weighted by atomic mass is 35.5. The Morgan fingerprint density at radius 3 is 2.58 bits per heavy atom. The summed E-state index contributed by atoms with van der Waals surface area (Å²) in [7, 11) is 0. The largest absolute Gasteiger partial charge is 0.399 e. The van der Waals surface area contributed by atoms with Crippen LogP contribution in [0, 0.1) is 0 Å². The van der Waals surface area contributed by atoms with Gasteiger partial charge in [0.2, 0.25) is 0 Å². The maximum Gasteiger partial charge on any atom is 0.256 e. The van der Waals surface area contributed by atoms with Gasteiger partial charge in [0.15, 0.2) is 11.0 Å². The van der Waals surface area contributed by atoms with E-state index < -0.39 is 5.91 Å². The summed E-state index contributed by atoms with van der Waals surface area (Å²) in [5.74, 6) is -0.337. The summed E-state index contributed by atoms with van der Waals surface area (Å²) in [5, 5.41) is 2.98. The van der Waals surface area contributed by atoms with Crippen molar-refractivity contribution in [2.24, 2.45) is 0 Å². The van der Waals surface area contributed by atoms with E-state index in [2.05, 4.69) is 15.3 Å². The van der Waals surface area contributed by atoms with Gasteiger partial charge in [-0.05, 0) is 18.2 Å². The minimum atomic E-state index is -0.453. The SMILES string of the molecule is Nc1cc(Cl)cc(C(=O)Nc2ncnc(Cl)c2Cl)c1. The van der Waals surface area contributed by atoms with Crippen molar-refractivity contribution >= 4 is 52.2 Å². The lowest BCUT2D eigenvalue weighted by molar-refractivity contribution is 0.102. The molecule has 0 saturated heterocycles. The first-order chi connectivity index (χ1) is 8.97. The van der Waals surface area contributed by atoms with Crippen LogP contribution in [-0.4, -0.2) is 15.9 Å². The number of nitrogens with one attached hydrogen (secondary N) is 1. The molecule has 1 aromatic carbocycles. The van der Waals surface area contributed by atoms with E-state index >= 15 is 0 Å². The Hall–Kier alpha value is -1.56. The first-order valence-electron chi connectivity index (χ1n) is 5.01. The molecule has 0 spiro atoms.